The molecule has 0 aliphatic carbocycles. The molecule has 0 saturated carbocycles. The van der Waals surface area contributed by atoms with Crippen molar-refractivity contribution < 1.29 is 13.2 Å². The highest BCUT2D eigenvalue weighted by Gasteiger charge is 2.29. The maximum absolute atomic E-state index is 12.2. The molecule has 0 spiro atoms. The van der Waals surface area contributed by atoms with E-state index in [-0.39, 0.29) is 5.91 Å². The zero-order chi connectivity index (χ0) is 16.9. The van der Waals surface area contributed by atoms with Crippen LogP contribution in [0.2, 0.25) is 0 Å². The van der Waals surface area contributed by atoms with E-state index in [4.69, 9.17) is 0 Å². The number of carbonyl (C=O) groups is 1. The Morgan fingerprint density at radius 2 is 1.87 bits per heavy atom. The predicted octanol–water partition coefficient (Wildman–Crippen LogP) is 1.65. The Morgan fingerprint density at radius 3 is 2.43 bits per heavy atom. The van der Waals surface area contributed by atoms with Crippen LogP contribution in [0.5, 0.6) is 0 Å². The number of nitrogens with zero attached hydrogens (tertiary/aromatic N) is 3. The number of unbranched alkanes of at least 4 members (excludes halogenated alkanes) is 1. The van der Waals surface area contributed by atoms with E-state index in [0.717, 1.165) is 18.1 Å². The van der Waals surface area contributed by atoms with Crippen LogP contribution in [0.15, 0.2) is 0 Å². The normalized spacial score (nSPS) is 23.6. The lowest BCUT2D eigenvalue weighted by Crippen LogP contribution is -2.53. The molecular formula is C14H27N3O3S3. The smallest absolute Gasteiger partial charge is 0.281 e. The van der Waals surface area contributed by atoms with Gasteiger partial charge >= 0.3 is 0 Å². The van der Waals surface area contributed by atoms with Gasteiger partial charge in [-0.25, -0.2) is 0 Å². The number of piperazine rings is 1. The van der Waals surface area contributed by atoms with Crippen molar-refractivity contribution in [1.29, 1.82) is 0 Å². The summed E-state index contributed by atoms with van der Waals surface area (Å²) in [5, 5.41) is 0.773. The van der Waals surface area contributed by atoms with E-state index in [0.29, 0.717) is 32.6 Å². The maximum atomic E-state index is 12.2. The predicted molar refractivity (Wildman–Crippen MR) is 97.7 cm³/mol. The summed E-state index contributed by atoms with van der Waals surface area (Å²) < 4.78 is 26.8. The van der Waals surface area contributed by atoms with Crippen LogP contribution in [0.25, 0.3) is 0 Å². The molecule has 2 fully saturated rings. The largest absolute Gasteiger partial charge is 0.340 e. The Morgan fingerprint density at radius 1 is 1.17 bits per heavy atom. The summed E-state index contributed by atoms with van der Waals surface area (Å²) in [7, 11) is 3.66. The lowest BCUT2D eigenvalue weighted by atomic mass is 10.1. The average molecular weight is 382 g/mol. The third-order valence-electron chi connectivity index (χ3n) is 4.27. The van der Waals surface area contributed by atoms with Crippen LogP contribution in [-0.2, 0) is 15.0 Å². The second-order valence-electron chi connectivity index (χ2n) is 6.14. The molecule has 1 atom stereocenters. The topological polar surface area (TPSA) is 60.9 Å². The highest BCUT2D eigenvalue weighted by molar-refractivity contribution is 8.77. The quantitative estimate of drug-likeness (QED) is 0.496. The van der Waals surface area contributed by atoms with Gasteiger partial charge in [0.1, 0.15) is 0 Å². The van der Waals surface area contributed by atoms with Crippen molar-refractivity contribution >= 4 is 37.7 Å². The van der Waals surface area contributed by atoms with Gasteiger partial charge in [-0.05, 0) is 19.3 Å². The van der Waals surface area contributed by atoms with Crippen LogP contribution < -0.4 is 0 Å². The molecule has 2 saturated heterocycles. The van der Waals surface area contributed by atoms with Crippen molar-refractivity contribution in [2.45, 2.75) is 37.4 Å². The van der Waals surface area contributed by atoms with E-state index in [1.807, 2.05) is 26.5 Å². The molecule has 2 aliphatic heterocycles. The zero-order valence-electron chi connectivity index (χ0n) is 13.9. The standard InChI is InChI=1S/C14H27N3O3S3/c1-15(2)23(19,20)17-10-8-16(9-11-17)14(18)6-4-3-5-13-7-12-21-22-13/h13H,3-12H2,1-2H3/t13-/m1/s1. The van der Waals surface area contributed by atoms with Crippen LogP contribution in [-0.4, -0.2) is 79.1 Å². The van der Waals surface area contributed by atoms with Crippen molar-refractivity contribution in [1.82, 2.24) is 13.5 Å². The van der Waals surface area contributed by atoms with Gasteiger partial charge in [0.05, 0.1) is 0 Å². The number of hydrogen-bond acceptors (Lipinski definition) is 5. The van der Waals surface area contributed by atoms with Gasteiger partial charge in [0.25, 0.3) is 10.2 Å². The summed E-state index contributed by atoms with van der Waals surface area (Å²) in [6.45, 7) is 1.78. The second-order valence-corrected chi connectivity index (χ2v) is 11.1. The molecule has 0 unspecified atom stereocenters. The lowest BCUT2D eigenvalue weighted by molar-refractivity contribution is -0.132. The van der Waals surface area contributed by atoms with Crippen molar-refractivity contribution in [2.24, 2.45) is 0 Å². The SMILES string of the molecule is CN(C)S(=O)(=O)N1CCN(C(=O)CCCC[C@@H]2CCSS2)CC1. The minimum absolute atomic E-state index is 0.167. The molecule has 23 heavy (non-hydrogen) atoms. The van der Waals surface area contributed by atoms with Crippen LogP contribution in [0.3, 0.4) is 0 Å². The first-order valence-electron chi connectivity index (χ1n) is 8.15. The van der Waals surface area contributed by atoms with Gasteiger partial charge in [-0.1, -0.05) is 28.0 Å². The molecule has 6 nitrogen and oxygen atoms in total. The fraction of sp³-hybridized carbons (Fsp3) is 0.929. The van der Waals surface area contributed by atoms with Crippen LogP contribution in [0, 0.1) is 0 Å². The number of carbonyl (C=O) groups excluding carboxylic acids is 1. The number of amides is 1. The van der Waals surface area contributed by atoms with Gasteiger partial charge in [0.2, 0.25) is 5.91 Å². The molecule has 134 valence electrons. The Labute approximate surface area is 147 Å². The van der Waals surface area contributed by atoms with Crippen molar-refractivity contribution in [3.05, 3.63) is 0 Å². The Hall–Kier alpha value is 0.0400. The molecule has 0 bridgehead atoms. The molecule has 0 N–H and O–H groups in total. The summed E-state index contributed by atoms with van der Waals surface area (Å²) in [6.07, 6.45) is 5.14. The highest BCUT2D eigenvalue weighted by Crippen LogP contribution is 2.39. The molecule has 2 heterocycles. The maximum Gasteiger partial charge on any atom is 0.281 e. The van der Waals surface area contributed by atoms with Gasteiger partial charge in [-0.3, -0.25) is 4.79 Å². The fourth-order valence-electron chi connectivity index (χ4n) is 2.77. The van der Waals surface area contributed by atoms with Crippen molar-refractivity contribution in [3.63, 3.8) is 0 Å². The monoisotopic (exact) mass is 381 g/mol. The minimum atomic E-state index is -3.36. The molecule has 0 radical (unpaired) electrons. The van der Waals surface area contributed by atoms with Crippen LogP contribution >= 0.6 is 21.6 Å². The highest BCUT2D eigenvalue weighted by atomic mass is 33.1. The van der Waals surface area contributed by atoms with Gasteiger partial charge in [0.15, 0.2) is 0 Å². The van der Waals surface area contributed by atoms with Crippen LogP contribution in [0.4, 0.5) is 0 Å². The van der Waals surface area contributed by atoms with Gasteiger partial charge in [0, 0.05) is 57.7 Å². The molecule has 9 heteroatoms. The van der Waals surface area contributed by atoms with Gasteiger partial charge in [-0.15, -0.1) is 0 Å². The lowest BCUT2D eigenvalue weighted by Gasteiger charge is -2.35. The zero-order valence-corrected chi connectivity index (χ0v) is 16.4. The fourth-order valence-corrected chi connectivity index (χ4v) is 6.88. The molecule has 0 aromatic heterocycles. The average Bonchev–Trinajstić information content (AvgIpc) is 3.04. The second kappa shape index (κ2) is 8.94. The molecule has 0 aromatic rings. The van der Waals surface area contributed by atoms with E-state index in [1.54, 1.807) is 0 Å². The van der Waals surface area contributed by atoms with Crippen molar-refractivity contribution in [2.75, 3.05) is 46.0 Å². The summed E-state index contributed by atoms with van der Waals surface area (Å²) >= 11 is 0. The summed E-state index contributed by atoms with van der Waals surface area (Å²) in [5.74, 6) is 1.43. The van der Waals surface area contributed by atoms with E-state index in [9.17, 15) is 13.2 Å². The first-order valence-corrected chi connectivity index (χ1v) is 11.9. The third-order valence-corrected chi connectivity index (χ3v) is 9.22. The number of rotatable bonds is 7. The Balaban J connectivity index is 1.65. The summed E-state index contributed by atoms with van der Waals surface area (Å²) in [4.78, 5) is 14.0. The number of hydrogen-bond donors (Lipinski definition) is 0. The molecule has 2 aliphatic rings. The van der Waals surface area contributed by atoms with Gasteiger partial charge in [-0.2, -0.15) is 17.0 Å². The molecular weight excluding hydrogens is 354 g/mol. The third kappa shape index (κ3) is 5.52. The Kier molecular flexibility index (Phi) is 7.53. The summed E-state index contributed by atoms with van der Waals surface area (Å²) in [5.41, 5.74) is 0. The molecule has 0 aromatic carbocycles. The first-order chi connectivity index (χ1) is 10.9. The van der Waals surface area contributed by atoms with Crippen molar-refractivity contribution in [3.8, 4) is 0 Å². The minimum Gasteiger partial charge on any atom is -0.340 e. The van der Waals surface area contributed by atoms with Gasteiger partial charge < -0.3 is 4.90 Å². The van der Waals surface area contributed by atoms with Crippen LogP contribution in [0.1, 0.15) is 32.1 Å². The molecule has 1 amide bonds. The van der Waals surface area contributed by atoms with E-state index in [1.165, 1.54) is 41.3 Å². The molecule has 2 rings (SSSR count). The van der Waals surface area contributed by atoms with E-state index >= 15 is 0 Å². The Bertz CT molecular complexity index is 485. The van der Waals surface area contributed by atoms with E-state index in [2.05, 4.69) is 0 Å². The van der Waals surface area contributed by atoms with E-state index < -0.39 is 10.2 Å². The summed E-state index contributed by atoms with van der Waals surface area (Å²) in [6, 6.07) is 0. The first kappa shape index (κ1) is 19.4.